The van der Waals surface area contributed by atoms with Crippen molar-refractivity contribution in [1.29, 1.82) is 0 Å². The van der Waals surface area contributed by atoms with Crippen LogP contribution in [-0.2, 0) is 16.8 Å². The van der Waals surface area contributed by atoms with Crippen LogP contribution < -0.4 is 5.32 Å². The Balaban J connectivity index is 1.70. The number of thiazole rings is 1. The van der Waals surface area contributed by atoms with Gasteiger partial charge in [0, 0.05) is 17.5 Å². The molecule has 2 heterocycles. The predicted octanol–water partition coefficient (Wildman–Crippen LogP) is 4.76. The van der Waals surface area contributed by atoms with Crippen LogP contribution in [-0.4, -0.2) is 31.4 Å². The summed E-state index contributed by atoms with van der Waals surface area (Å²) in [5.41, 5.74) is 3.32. The summed E-state index contributed by atoms with van der Waals surface area (Å²) in [6.45, 7) is 11.3. The quantitative estimate of drug-likeness (QED) is 0.588. The molecule has 3 aromatic rings. The molecule has 1 aromatic carbocycles. The lowest BCUT2D eigenvalue weighted by molar-refractivity contribution is -0.113. The second kappa shape index (κ2) is 8.45. The molecule has 3 rings (SSSR count). The molecule has 1 amide bonds. The Morgan fingerprint density at radius 3 is 2.50 bits per heavy atom. The van der Waals surface area contributed by atoms with Crippen molar-refractivity contribution in [3.05, 3.63) is 40.9 Å². The van der Waals surface area contributed by atoms with E-state index in [0.717, 1.165) is 28.8 Å². The first-order chi connectivity index (χ1) is 13.3. The zero-order chi connectivity index (χ0) is 20.3. The Labute approximate surface area is 173 Å². The Kier molecular flexibility index (Phi) is 6.20. The summed E-state index contributed by atoms with van der Waals surface area (Å²) >= 11 is 2.81. The number of thioether (sulfide) groups is 1. The molecule has 0 fully saturated rings. The number of anilines is 1. The summed E-state index contributed by atoms with van der Waals surface area (Å²) in [5, 5.41) is 14.8. The SMILES string of the molecule is CCn1c(SCC(=O)Nc2nc(C)cs2)nnc1-c1ccc(C(C)(C)C)cc1. The standard InChI is InChI=1S/C20H25N5OS2/c1-6-25-17(14-7-9-15(10-8-14)20(3,4)5)23-24-19(25)28-12-16(26)22-18-21-13(2)11-27-18/h7-11H,6,12H2,1-5H3,(H,21,22,26). The highest BCUT2D eigenvalue weighted by molar-refractivity contribution is 7.99. The van der Waals surface area contributed by atoms with E-state index in [9.17, 15) is 4.79 Å². The molecule has 2 aromatic heterocycles. The third kappa shape index (κ3) is 4.80. The lowest BCUT2D eigenvalue weighted by Crippen LogP contribution is -2.14. The third-order valence-electron chi connectivity index (χ3n) is 4.24. The molecule has 0 saturated carbocycles. The number of hydrogen-bond acceptors (Lipinski definition) is 6. The summed E-state index contributed by atoms with van der Waals surface area (Å²) in [7, 11) is 0. The summed E-state index contributed by atoms with van der Waals surface area (Å²) in [6.07, 6.45) is 0. The number of benzene rings is 1. The Hall–Kier alpha value is -2.19. The number of amides is 1. The molecule has 0 aliphatic rings. The lowest BCUT2D eigenvalue weighted by atomic mass is 9.87. The lowest BCUT2D eigenvalue weighted by Gasteiger charge is -2.19. The van der Waals surface area contributed by atoms with Gasteiger partial charge in [0.25, 0.3) is 0 Å². The fourth-order valence-corrected chi connectivity index (χ4v) is 4.22. The van der Waals surface area contributed by atoms with Gasteiger partial charge in [-0.2, -0.15) is 0 Å². The van der Waals surface area contributed by atoms with Crippen molar-refractivity contribution in [1.82, 2.24) is 19.7 Å². The van der Waals surface area contributed by atoms with E-state index in [0.29, 0.717) is 5.13 Å². The molecule has 0 spiro atoms. The molecule has 0 unspecified atom stereocenters. The van der Waals surface area contributed by atoms with E-state index in [1.165, 1.54) is 28.7 Å². The smallest absolute Gasteiger partial charge is 0.236 e. The maximum Gasteiger partial charge on any atom is 0.236 e. The van der Waals surface area contributed by atoms with Crippen molar-refractivity contribution < 1.29 is 4.79 Å². The van der Waals surface area contributed by atoms with E-state index >= 15 is 0 Å². The van der Waals surface area contributed by atoms with Crippen LogP contribution in [0.3, 0.4) is 0 Å². The van der Waals surface area contributed by atoms with Crippen LogP contribution in [0.4, 0.5) is 5.13 Å². The zero-order valence-electron chi connectivity index (χ0n) is 16.8. The third-order valence-corrected chi connectivity index (χ3v) is 6.08. The van der Waals surface area contributed by atoms with Gasteiger partial charge in [0.05, 0.1) is 11.4 Å². The molecule has 0 aliphatic carbocycles. The number of nitrogens with zero attached hydrogens (tertiary/aromatic N) is 4. The normalized spacial score (nSPS) is 11.6. The molecule has 1 N–H and O–H groups in total. The zero-order valence-corrected chi connectivity index (χ0v) is 18.4. The Morgan fingerprint density at radius 2 is 1.93 bits per heavy atom. The molecule has 6 nitrogen and oxygen atoms in total. The fourth-order valence-electron chi connectivity index (χ4n) is 2.71. The van der Waals surface area contributed by atoms with Gasteiger partial charge in [-0.05, 0) is 24.8 Å². The number of rotatable bonds is 6. The Morgan fingerprint density at radius 1 is 1.21 bits per heavy atom. The number of hydrogen-bond donors (Lipinski definition) is 1. The number of carbonyl (C=O) groups excluding carboxylic acids is 1. The maximum absolute atomic E-state index is 12.2. The van der Waals surface area contributed by atoms with Crippen molar-refractivity contribution in [2.45, 2.75) is 51.7 Å². The summed E-state index contributed by atoms with van der Waals surface area (Å²) in [6, 6.07) is 8.45. The van der Waals surface area contributed by atoms with Crippen LogP contribution in [0.1, 0.15) is 39.0 Å². The van der Waals surface area contributed by atoms with E-state index in [2.05, 4.69) is 72.5 Å². The van der Waals surface area contributed by atoms with Crippen molar-refractivity contribution in [3.63, 3.8) is 0 Å². The average Bonchev–Trinajstić information content (AvgIpc) is 3.25. The van der Waals surface area contributed by atoms with Crippen LogP contribution in [0.5, 0.6) is 0 Å². The topological polar surface area (TPSA) is 72.7 Å². The van der Waals surface area contributed by atoms with Crippen LogP contribution in [0.25, 0.3) is 11.4 Å². The number of aromatic nitrogens is 4. The minimum atomic E-state index is -0.0962. The van der Waals surface area contributed by atoms with Gasteiger partial charge in [-0.1, -0.05) is 56.8 Å². The number of carbonyl (C=O) groups is 1. The molecule has 0 saturated heterocycles. The second-order valence-electron chi connectivity index (χ2n) is 7.51. The van der Waals surface area contributed by atoms with Gasteiger partial charge < -0.3 is 9.88 Å². The summed E-state index contributed by atoms with van der Waals surface area (Å²) in [5.74, 6) is 0.988. The molecule has 0 atom stereocenters. The minimum Gasteiger partial charge on any atom is -0.302 e. The van der Waals surface area contributed by atoms with Gasteiger partial charge in [0.2, 0.25) is 5.91 Å². The van der Waals surface area contributed by atoms with Gasteiger partial charge >= 0.3 is 0 Å². The number of aryl methyl sites for hydroxylation is 1. The van der Waals surface area contributed by atoms with E-state index in [1.54, 1.807) is 0 Å². The second-order valence-corrected chi connectivity index (χ2v) is 9.31. The van der Waals surface area contributed by atoms with E-state index in [1.807, 2.05) is 16.9 Å². The van der Waals surface area contributed by atoms with Crippen molar-refractivity contribution in [2.75, 3.05) is 11.1 Å². The first-order valence-electron chi connectivity index (χ1n) is 9.17. The van der Waals surface area contributed by atoms with Crippen LogP contribution >= 0.6 is 23.1 Å². The van der Waals surface area contributed by atoms with Crippen molar-refractivity contribution in [3.8, 4) is 11.4 Å². The van der Waals surface area contributed by atoms with Crippen molar-refractivity contribution in [2.24, 2.45) is 0 Å². The van der Waals surface area contributed by atoms with Crippen LogP contribution in [0.2, 0.25) is 0 Å². The summed E-state index contributed by atoms with van der Waals surface area (Å²) < 4.78 is 2.04. The van der Waals surface area contributed by atoms with Gasteiger partial charge in [-0.15, -0.1) is 21.5 Å². The van der Waals surface area contributed by atoms with E-state index in [4.69, 9.17) is 0 Å². The highest BCUT2D eigenvalue weighted by Crippen LogP contribution is 2.27. The molecule has 8 heteroatoms. The predicted molar refractivity (Wildman–Crippen MR) is 116 cm³/mol. The monoisotopic (exact) mass is 415 g/mol. The van der Waals surface area contributed by atoms with Gasteiger partial charge in [0.1, 0.15) is 0 Å². The van der Waals surface area contributed by atoms with Gasteiger partial charge in [0.15, 0.2) is 16.1 Å². The largest absolute Gasteiger partial charge is 0.302 e. The maximum atomic E-state index is 12.2. The van der Waals surface area contributed by atoms with Gasteiger partial charge in [-0.25, -0.2) is 4.98 Å². The van der Waals surface area contributed by atoms with Gasteiger partial charge in [-0.3, -0.25) is 4.79 Å². The molecular weight excluding hydrogens is 390 g/mol. The van der Waals surface area contributed by atoms with Crippen LogP contribution in [0.15, 0.2) is 34.8 Å². The number of nitrogens with one attached hydrogen (secondary N) is 1. The van der Waals surface area contributed by atoms with E-state index < -0.39 is 0 Å². The van der Waals surface area contributed by atoms with Crippen molar-refractivity contribution >= 4 is 34.1 Å². The molecule has 0 radical (unpaired) electrons. The van der Waals surface area contributed by atoms with E-state index in [-0.39, 0.29) is 17.1 Å². The first-order valence-corrected chi connectivity index (χ1v) is 11.0. The molecule has 148 valence electrons. The average molecular weight is 416 g/mol. The minimum absolute atomic E-state index is 0.0962. The molecular formula is C20H25N5OS2. The highest BCUT2D eigenvalue weighted by Gasteiger charge is 2.17. The summed E-state index contributed by atoms with van der Waals surface area (Å²) in [4.78, 5) is 16.4. The fraction of sp³-hybridized carbons (Fsp3) is 0.400. The highest BCUT2D eigenvalue weighted by atomic mass is 32.2. The molecule has 0 bridgehead atoms. The molecule has 28 heavy (non-hydrogen) atoms. The van der Waals surface area contributed by atoms with Crippen LogP contribution in [0, 0.1) is 6.92 Å². The molecule has 0 aliphatic heterocycles. The Bertz CT molecular complexity index is 954. The first kappa shape index (κ1) is 20.5.